The highest BCUT2D eigenvalue weighted by Gasteiger charge is 2.23. The molecule has 0 N–H and O–H groups in total. The molecule has 0 atom stereocenters. The lowest BCUT2D eigenvalue weighted by atomic mass is 10.1. The van der Waals surface area contributed by atoms with E-state index in [0.29, 0.717) is 36.1 Å². The van der Waals surface area contributed by atoms with Crippen LogP contribution in [0.15, 0.2) is 53.1 Å². The molecule has 0 spiro atoms. The molecule has 30 heavy (non-hydrogen) atoms. The predicted octanol–water partition coefficient (Wildman–Crippen LogP) is 2.71. The second-order valence-electron chi connectivity index (χ2n) is 7.12. The molecular weight excluding hydrogens is 384 g/mol. The van der Waals surface area contributed by atoms with Crippen molar-refractivity contribution in [3.8, 4) is 22.9 Å². The monoisotopic (exact) mass is 408 g/mol. The van der Waals surface area contributed by atoms with Gasteiger partial charge in [0.15, 0.2) is 6.61 Å². The highest BCUT2D eigenvalue weighted by molar-refractivity contribution is 5.97. The molecule has 1 aliphatic heterocycles. The van der Waals surface area contributed by atoms with Crippen LogP contribution in [-0.4, -0.2) is 66.2 Å². The summed E-state index contributed by atoms with van der Waals surface area (Å²) < 4.78 is 16.3. The first kappa shape index (κ1) is 19.9. The Hall–Kier alpha value is -3.39. The summed E-state index contributed by atoms with van der Waals surface area (Å²) in [5, 5.41) is 4.01. The highest BCUT2D eigenvalue weighted by atomic mass is 16.5. The molecule has 0 radical (unpaired) electrons. The number of carbonyl (C=O) groups excluding carboxylic acids is 1. The molecule has 1 aromatic heterocycles. The number of para-hydroxylation sites is 1. The summed E-state index contributed by atoms with van der Waals surface area (Å²) in [6.07, 6.45) is 0. The van der Waals surface area contributed by atoms with Gasteiger partial charge >= 0.3 is 0 Å². The molecule has 4 rings (SSSR count). The maximum absolute atomic E-state index is 12.9. The summed E-state index contributed by atoms with van der Waals surface area (Å²) in [6, 6.07) is 14.6. The van der Waals surface area contributed by atoms with Crippen LogP contribution in [-0.2, 0) is 6.61 Å². The number of likely N-dealkylation sites (N-methyl/N-ethyl adjacent to an activating group) is 1. The van der Waals surface area contributed by atoms with Gasteiger partial charge in [-0.3, -0.25) is 4.79 Å². The van der Waals surface area contributed by atoms with E-state index < -0.39 is 0 Å². The highest BCUT2D eigenvalue weighted by Crippen LogP contribution is 2.23. The van der Waals surface area contributed by atoms with Crippen LogP contribution in [0.3, 0.4) is 0 Å². The number of methoxy groups -OCH3 is 1. The van der Waals surface area contributed by atoms with Gasteiger partial charge in [-0.1, -0.05) is 17.3 Å². The van der Waals surface area contributed by atoms with Gasteiger partial charge in [0.05, 0.1) is 12.7 Å². The number of benzene rings is 2. The number of ether oxygens (including phenoxy) is 2. The van der Waals surface area contributed by atoms with E-state index in [1.807, 2.05) is 41.3 Å². The minimum atomic E-state index is -0.0249. The van der Waals surface area contributed by atoms with Crippen LogP contribution in [0.25, 0.3) is 11.4 Å². The zero-order chi connectivity index (χ0) is 20.9. The summed E-state index contributed by atoms with van der Waals surface area (Å²) >= 11 is 0. The Morgan fingerprint density at radius 3 is 2.53 bits per heavy atom. The number of amides is 1. The average molecular weight is 408 g/mol. The Bertz CT molecular complexity index is 994. The third-order valence-corrected chi connectivity index (χ3v) is 5.08. The molecule has 3 aromatic rings. The van der Waals surface area contributed by atoms with Gasteiger partial charge in [0.1, 0.15) is 11.5 Å². The summed E-state index contributed by atoms with van der Waals surface area (Å²) in [7, 11) is 3.68. The summed E-state index contributed by atoms with van der Waals surface area (Å²) in [4.78, 5) is 21.4. The van der Waals surface area contributed by atoms with Crippen molar-refractivity contribution in [3.63, 3.8) is 0 Å². The number of hydrogen-bond donors (Lipinski definition) is 0. The molecule has 0 aliphatic carbocycles. The predicted molar refractivity (Wildman–Crippen MR) is 110 cm³/mol. The molecule has 0 saturated carbocycles. The lowest BCUT2D eigenvalue weighted by Crippen LogP contribution is -2.47. The van der Waals surface area contributed by atoms with E-state index >= 15 is 0 Å². The van der Waals surface area contributed by atoms with Crippen molar-refractivity contribution >= 4 is 5.91 Å². The number of rotatable bonds is 6. The van der Waals surface area contributed by atoms with Crippen molar-refractivity contribution < 1.29 is 18.8 Å². The fourth-order valence-electron chi connectivity index (χ4n) is 3.26. The van der Waals surface area contributed by atoms with Crippen LogP contribution in [0, 0.1) is 0 Å². The Morgan fingerprint density at radius 2 is 1.80 bits per heavy atom. The van der Waals surface area contributed by atoms with Crippen LogP contribution in [0.2, 0.25) is 0 Å². The fourth-order valence-corrected chi connectivity index (χ4v) is 3.26. The first-order valence-corrected chi connectivity index (χ1v) is 9.80. The van der Waals surface area contributed by atoms with Gasteiger partial charge in [0.25, 0.3) is 11.8 Å². The summed E-state index contributed by atoms with van der Waals surface area (Å²) in [5.74, 6) is 2.04. The number of carbonyl (C=O) groups is 1. The van der Waals surface area contributed by atoms with Crippen LogP contribution >= 0.6 is 0 Å². The number of piperazine rings is 1. The van der Waals surface area contributed by atoms with Crippen molar-refractivity contribution in [1.29, 1.82) is 0 Å². The van der Waals surface area contributed by atoms with Crippen LogP contribution in [0.1, 0.15) is 16.2 Å². The van der Waals surface area contributed by atoms with Gasteiger partial charge in [-0.25, -0.2) is 0 Å². The second kappa shape index (κ2) is 8.96. The van der Waals surface area contributed by atoms with Gasteiger partial charge in [-0.05, 0) is 43.4 Å². The lowest BCUT2D eigenvalue weighted by Gasteiger charge is -2.32. The van der Waals surface area contributed by atoms with Gasteiger partial charge in [-0.2, -0.15) is 4.98 Å². The standard InChI is InChI=1S/C22H24N4O4/c1-25-11-13-26(14-12-25)22(27)18-5-3-4-6-19(18)29-15-20-23-21(24-30-20)16-7-9-17(28-2)10-8-16/h3-10H,11-15H2,1-2H3. The number of aromatic nitrogens is 2. The Morgan fingerprint density at radius 1 is 1.07 bits per heavy atom. The molecule has 8 nitrogen and oxygen atoms in total. The molecule has 1 amide bonds. The molecule has 2 heterocycles. The SMILES string of the molecule is COc1ccc(-c2noc(COc3ccccc3C(=O)N3CCN(C)CC3)n2)cc1. The van der Waals surface area contributed by atoms with Gasteiger partial charge in [-0.15, -0.1) is 0 Å². The zero-order valence-electron chi connectivity index (χ0n) is 17.1. The average Bonchev–Trinajstić information content (AvgIpc) is 3.27. The van der Waals surface area contributed by atoms with E-state index in [1.54, 1.807) is 19.2 Å². The minimum Gasteiger partial charge on any atom is -0.497 e. The minimum absolute atomic E-state index is 0.0249. The van der Waals surface area contributed by atoms with Crippen LogP contribution in [0.5, 0.6) is 11.5 Å². The third-order valence-electron chi connectivity index (χ3n) is 5.08. The molecule has 1 fully saturated rings. The van der Waals surface area contributed by atoms with Crippen molar-refractivity contribution in [3.05, 3.63) is 60.0 Å². The number of nitrogens with zero attached hydrogens (tertiary/aromatic N) is 4. The molecule has 156 valence electrons. The van der Waals surface area contributed by atoms with E-state index in [1.165, 1.54) is 0 Å². The van der Waals surface area contributed by atoms with Crippen molar-refractivity contribution in [2.24, 2.45) is 0 Å². The van der Waals surface area contributed by atoms with Crippen molar-refractivity contribution in [2.45, 2.75) is 6.61 Å². The Kier molecular flexibility index (Phi) is 5.94. The second-order valence-corrected chi connectivity index (χ2v) is 7.12. The largest absolute Gasteiger partial charge is 0.497 e. The lowest BCUT2D eigenvalue weighted by molar-refractivity contribution is 0.0658. The quantitative estimate of drug-likeness (QED) is 0.620. The van der Waals surface area contributed by atoms with E-state index in [9.17, 15) is 4.79 Å². The van der Waals surface area contributed by atoms with Gasteiger partial charge in [0.2, 0.25) is 5.82 Å². The molecular formula is C22H24N4O4. The van der Waals surface area contributed by atoms with E-state index in [-0.39, 0.29) is 12.5 Å². The topological polar surface area (TPSA) is 80.9 Å². The third kappa shape index (κ3) is 4.44. The summed E-state index contributed by atoms with van der Waals surface area (Å²) in [5.41, 5.74) is 1.35. The van der Waals surface area contributed by atoms with Crippen molar-refractivity contribution in [2.75, 3.05) is 40.3 Å². The van der Waals surface area contributed by atoms with Gasteiger partial charge < -0.3 is 23.8 Å². The fraction of sp³-hybridized carbons (Fsp3) is 0.318. The molecule has 2 aromatic carbocycles. The smallest absolute Gasteiger partial charge is 0.264 e. The molecule has 8 heteroatoms. The first-order valence-electron chi connectivity index (χ1n) is 9.80. The molecule has 1 aliphatic rings. The normalized spacial score (nSPS) is 14.5. The van der Waals surface area contributed by atoms with Crippen molar-refractivity contribution in [1.82, 2.24) is 19.9 Å². The van der Waals surface area contributed by atoms with Crippen LogP contribution < -0.4 is 9.47 Å². The Balaban J connectivity index is 1.43. The van der Waals surface area contributed by atoms with Crippen LogP contribution in [0.4, 0.5) is 0 Å². The van der Waals surface area contributed by atoms with E-state index in [2.05, 4.69) is 22.1 Å². The maximum Gasteiger partial charge on any atom is 0.264 e. The molecule has 0 unspecified atom stereocenters. The first-order chi connectivity index (χ1) is 14.6. The van der Waals surface area contributed by atoms with Gasteiger partial charge in [0, 0.05) is 31.7 Å². The van der Waals surface area contributed by atoms with E-state index in [4.69, 9.17) is 14.0 Å². The Labute approximate surface area is 175 Å². The summed E-state index contributed by atoms with van der Waals surface area (Å²) in [6.45, 7) is 3.23. The number of hydrogen-bond acceptors (Lipinski definition) is 7. The molecule has 1 saturated heterocycles. The zero-order valence-corrected chi connectivity index (χ0v) is 17.1. The maximum atomic E-state index is 12.9. The van der Waals surface area contributed by atoms with E-state index in [0.717, 1.165) is 24.4 Å². The molecule has 0 bridgehead atoms.